The van der Waals surface area contributed by atoms with Gasteiger partial charge in [-0.2, -0.15) is 13.2 Å². The van der Waals surface area contributed by atoms with E-state index in [1.807, 2.05) is 25.1 Å². The average Bonchev–Trinajstić information content (AvgIpc) is 3.39. The quantitative estimate of drug-likeness (QED) is 0.621. The van der Waals surface area contributed by atoms with Gasteiger partial charge in [-0.05, 0) is 49.6 Å². The lowest BCUT2D eigenvalue weighted by atomic mass is 9.96. The highest BCUT2D eigenvalue weighted by Crippen LogP contribution is 2.44. The summed E-state index contributed by atoms with van der Waals surface area (Å²) in [5, 5.41) is 8.03. The molecule has 2 aromatic rings. The number of carbonyl (C=O) groups is 2. The van der Waals surface area contributed by atoms with Crippen molar-refractivity contribution in [2.24, 2.45) is 0 Å². The maximum Gasteiger partial charge on any atom is 0.416 e. The number of pyridine rings is 1. The van der Waals surface area contributed by atoms with Crippen LogP contribution in [0.3, 0.4) is 0 Å². The van der Waals surface area contributed by atoms with E-state index >= 15 is 0 Å². The Morgan fingerprint density at radius 1 is 1.22 bits per heavy atom. The van der Waals surface area contributed by atoms with Crippen LogP contribution in [0.15, 0.2) is 36.4 Å². The van der Waals surface area contributed by atoms with E-state index in [2.05, 4.69) is 20.9 Å². The van der Waals surface area contributed by atoms with Crippen molar-refractivity contribution >= 4 is 11.9 Å². The van der Waals surface area contributed by atoms with Gasteiger partial charge < -0.3 is 16.0 Å². The molecule has 1 aromatic heterocycles. The smallest absolute Gasteiger partial charge is 0.355 e. The number of nitrogens with one attached hydrogen (secondary N) is 3. The Balaban J connectivity index is 0.000000182. The number of urea groups is 1. The molecular weight excluding hydrogens is 428 g/mol. The fourth-order valence-electron chi connectivity index (χ4n) is 3.52. The largest absolute Gasteiger partial charge is 0.416 e. The molecule has 0 radical (unpaired) electrons. The zero-order chi connectivity index (χ0) is 23.5. The summed E-state index contributed by atoms with van der Waals surface area (Å²) in [5.74, 6) is -1.51. The molecule has 0 bridgehead atoms. The summed E-state index contributed by atoms with van der Waals surface area (Å²) in [6.45, 7) is 2.22. The number of rotatable bonds is 3. The molecule has 2 heterocycles. The molecule has 1 unspecified atom stereocenters. The fraction of sp³-hybridized carbons (Fsp3) is 0.409. The summed E-state index contributed by atoms with van der Waals surface area (Å²) in [7, 11) is 1.62. The maximum atomic E-state index is 13.5. The van der Waals surface area contributed by atoms with Gasteiger partial charge >= 0.3 is 12.2 Å². The van der Waals surface area contributed by atoms with E-state index in [-0.39, 0.29) is 41.9 Å². The van der Waals surface area contributed by atoms with Crippen LogP contribution in [0.1, 0.15) is 47.7 Å². The van der Waals surface area contributed by atoms with Crippen LogP contribution in [0.4, 0.5) is 22.4 Å². The number of hydrogen-bond donors (Lipinski definition) is 3. The lowest BCUT2D eigenvalue weighted by Gasteiger charge is -2.16. The second-order valence-electron chi connectivity index (χ2n) is 7.89. The maximum absolute atomic E-state index is 13.5. The van der Waals surface area contributed by atoms with Crippen LogP contribution >= 0.6 is 0 Å². The Kier molecular flexibility index (Phi) is 6.71. The van der Waals surface area contributed by atoms with E-state index in [0.29, 0.717) is 6.07 Å². The van der Waals surface area contributed by atoms with Gasteiger partial charge in [0.25, 0.3) is 0 Å². The average molecular weight is 452 g/mol. The first-order chi connectivity index (χ1) is 15.0. The number of nitrogens with zero attached hydrogens (tertiary/aromatic N) is 1. The van der Waals surface area contributed by atoms with Gasteiger partial charge in [-0.1, -0.05) is 12.1 Å². The van der Waals surface area contributed by atoms with Crippen LogP contribution in [0, 0.1) is 12.7 Å². The Morgan fingerprint density at radius 2 is 1.94 bits per heavy atom. The number of aryl methyl sites for hydroxylation is 1. The first-order valence-electron chi connectivity index (χ1n) is 10.1. The van der Waals surface area contributed by atoms with Gasteiger partial charge in [0, 0.05) is 31.6 Å². The number of hydrogen-bond acceptors (Lipinski definition) is 3. The monoisotopic (exact) mass is 452 g/mol. The lowest BCUT2D eigenvalue weighted by molar-refractivity contribution is -0.137. The Morgan fingerprint density at radius 3 is 2.44 bits per heavy atom. The second kappa shape index (κ2) is 9.13. The topological polar surface area (TPSA) is 83.1 Å². The zero-order valence-corrected chi connectivity index (χ0v) is 17.6. The summed E-state index contributed by atoms with van der Waals surface area (Å²) in [6.07, 6.45) is -2.50. The highest BCUT2D eigenvalue weighted by Gasteiger charge is 2.47. The minimum atomic E-state index is -4.55. The number of amides is 3. The minimum absolute atomic E-state index is 0.113. The normalized spacial score (nSPS) is 18.8. The molecule has 1 atom stereocenters. The first kappa shape index (κ1) is 23.5. The number of alkyl halides is 3. The number of carbonyl (C=O) groups excluding carboxylic acids is 2. The molecule has 1 aliphatic heterocycles. The molecular formula is C22H24F4N4O2. The molecule has 2 aliphatic rings. The fourth-order valence-corrected chi connectivity index (χ4v) is 3.52. The highest BCUT2D eigenvalue weighted by atomic mass is 19.4. The van der Waals surface area contributed by atoms with Crippen molar-refractivity contribution in [2.75, 3.05) is 13.6 Å². The molecule has 1 saturated carbocycles. The van der Waals surface area contributed by atoms with Gasteiger partial charge in [0.15, 0.2) is 0 Å². The third-order valence-corrected chi connectivity index (χ3v) is 5.45. The summed E-state index contributed by atoms with van der Waals surface area (Å²) in [6, 6.07) is 8.16. The van der Waals surface area contributed by atoms with Crippen LogP contribution in [0.25, 0.3) is 0 Å². The molecule has 1 aliphatic carbocycles. The van der Waals surface area contributed by atoms with E-state index in [4.69, 9.17) is 0 Å². The van der Waals surface area contributed by atoms with Gasteiger partial charge in [-0.3, -0.25) is 9.78 Å². The highest BCUT2D eigenvalue weighted by molar-refractivity contribution is 5.79. The standard InChI is InChI=1S/C11H9F4NO.C11H15N3O/c12-9-4-7(11(13,14)15)1-2-8(9)6-3-10(17)16-5-6;1-8-4-3-5-9(13-8)11(6-7-11)14-10(15)12-2/h1-2,4,6H,3,5H2,(H,16,17);3-5H,6-7H2,1-2H3,(H2,12,14,15). The van der Waals surface area contributed by atoms with Crippen molar-refractivity contribution < 1.29 is 27.2 Å². The van der Waals surface area contributed by atoms with E-state index in [0.717, 1.165) is 36.4 Å². The van der Waals surface area contributed by atoms with Crippen molar-refractivity contribution in [3.8, 4) is 0 Å². The van der Waals surface area contributed by atoms with Crippen LogP contribution in [-0.4, -0.2) is 30.5 Å². The van der Waals surface area contributed by atoms with Crippen molar-refractivity contribution in [3.05, 3.63) is 64.7 Å². The molecule has 1 aromatic carbocycles. The van der Waals surface area contributed by atoms with Crippen LogP contribution in [0.5, 0.6) is 0 Å². The summed E-state index contributed by atoms with van der Waals surface area (Å²) in [5.41, 5.74) is 0.863. The third kappa shape index (κ3) is 5.54. The van der Waals surface area contributed by atoms with E-state index in [1.165, 1.54) is 0 Å². The lowest BCUT2D eigenvalue weighted by Crippen LogP contribution is -2.41. The number of benzene rings is 1. The van der Waals surface area contributed by atoms with Crippen molar-refractivity contribution in [1.82, 2.24) is 20.9 Å². The molecule has 32 heavy (non-hydrogen) atoms. The molecule has 10 heteroatoms. The van der Waals surface area contributed by atoms with E-state index in [1.54, 1.807) is 7.05 Å². The molecule has 3 amide bonds. The van der Waals surface area contributed by atoms with Gasteiger partial charge in [0.1, 0.15) is 5.82 Å². The Hall–Kier alpha value is -3.17. The number of aromatic nitrogens is 1. The van der Waals surface area contributed by atoms with E-state index in [9.17, 15) is 27.2 Å². The number of halogens is 4. The minimum Gasteiger partial charge on any atom is -0.355 e. The van der Waals surface area contributed by atoms with Crippen molar-refractivity contribution in [1.29, 1.82) is 0 Å². The zero-order valence-electron chi connectivity index (χ0n) is 17.6. The van der Waals surface area contributed by atoms with Gasteiger partial charge in [0.2, 0.25) is 5.91 Å². The molecule has 6 nitrogen and oxygen atoms in total. The molecule has 0 spiro atoms. The van der Waals surface area contributed by atoms with Gasteiger partial charge in [-0.15, -0.1) is 0 Å². The molecule has 172 valence electrons. The summed E-state index contributed by atoms with van der Waals surface area (Å²) < 4.78 is 50.4. The third-order valence-electron chi connectivity index (χ3n) is 5.45. The van der Waals surface area contributed by atoms with Crippen molar-refractivity contribution in [3.63, 3.8) is 0 Å². The predicted molar refractivity (Wildman–Crippen MR) is 109 cm³/mol. The molecule has 1 saturated heterocycles. The van der Waals surface area contributed by atoms with E-state index < -0.39 is 17.6 Å². The van der Waals surface area contributed by atoms with Crippen LogP contribution in [-0.2, 0) is 16.5 Å². The first-order valence-corrected chi connectivity index (χ1v) is 10.1. The predicted octanol–water partition coefficient (Wildman–Crippen LogP) is 3.76. The van der Waals surface area contributed by atoms with Gasteiger partial charge in [-0.25, -0.2) is 9.18 Å². The SMILES string of the molecule is CNC(=O)NC1(c2cccc(C)n2)CC1.O=C1CC(c2ccc(C(F)(F)F)cc2F)CN1. The van der Waals surface area contributed by atoms with Crippen LogP contribution < -0.4 is 16.0 Å². The molecule has 3 N–H and O–H groups in total. The second-order valence-corrected chi connectivity index (χ2v) is 7.89. The van der Waals surface area contributed by atoms with Gasteiger partial charge in [0.05, 0.1) is 16.8 Å². The Labute approximate surface area is 182 Å². The molecule has 4 rings (SSSR count). The van der Waals surface area contributed by atoms with Crippen molar-refractivity contribution in [2.45, 2.75) is 43.8 Å². The molecule has 2 fully saturated rings. The summed E-state index contributed by atoms with van der Waals surface area (Å²) in [4.78, 5) is 26.7. The van der Waals surface area contributed by atoms with Crippen LogP contribution in [0.2, 0.25) is 0 Å². The Bertz CT molecular complexity index is 1010. The summed E-state index contributed by atoms with van der Waals surface area (Å²) >= 11 is 0.